The van der Waals surface area contributed by atoms with Crippen molar-refractivity contribution in [2.45, 2.75) is 57.8 Å². The molecule has 0 spiro atoms. The first-order chi connectivity index (χ1) is 16.6. The second kappa shape index (κ2) is 10.2. The van der Waals surface area contributed by atoms with E-state index in [1.807, 2.05) is 20.5 Å². The van der Waals surface area contributed by atoms with Crippen LogP contribution < -0.4 is 10.9 Å². The highest BCUT2D eigenvalue weighted by molar-refractivity contribution is 5.94. The maximum absolute atomic E-state index is 13.4. The van der Waals surface area contributed by atoms with Crippen LogP contribution in [-0.4, -0.2) is 76.3 Å². The number of rotatable bonds is 6. The molecule has 34 heavy (non-hydrogen) atoms. The fourth-order valence-electron chi connectivity index (χ4n) is 5.13. The van der Waals surface area contributed by atoms with Gasteiger partial charge >= 0.3 is 0 Å². The van der Waals surface area contributed by atoms with Crippen molar-refractivity contribution < 1.29 is 14.3 Å². The molecule has 2 saturated heterocycles. The molecule has 0 aliphatic carbocycles. The Kier molecular flexibility index (Phi) is 6.94. The Morgan fingerprint density at radius 2 is 1.88 bits per heavy atom. The summed E-state index contributed by atoms with van der Waals surface area (Å²) in [5.41, 5.74) is 10.1. The zero-order valence-corrected chi connectivity index (χ0v) is 19.8. The van der Waals surface area contributed by atoms with Crippen LogP contribution in [0.4, 0.5) is 0 Å². The molecule has 2 atom stereocenters. The topological polar surface area (TPSA) is 91.7 Å². The van der Waals surface area contributed by atoms with E-state index in [9.17, 15) is 9.59 Å². The van der Waals surface area contributed by atoms with Crippen LogP contribution in [0.5, 0.6) is 0 Å². The summed E-state index contributed by atoms with van der Waals surface area (Å²) >= 11 is 0. The zero-order valence-electron chi connectivity index (χ0n) is 19.8. The molecule has 2 aromatic rings. The number of nitrogens with zero attached hydrogens (tertiary/aromatic N) is 4. The van der Waals surface area contributed by atoms with E-state index in [0.29, 0.717) is 51.5 Å². The SMILES string of the molecule is CC1CC(C(=O)N2CCc3c(c(C(=O)N4CCOCC4)nn3CCCc3ccccc3)C2)NN1. The van der Waals surface area contributed by atoms with Gasteiger partial charge in [0.1, 0.15) is 6.04 Å². The highest BCUT2D eigenvalue weighted by atomic mass is 16.5. The van der Waals surface area contributed by atoms with Crippen LogP contribution in [-0.2, 0) is 35.5 Å². The average molecular weight is 467 g/mol. The fourth-order valence-corrected chi connectivity index (χ4v) is 5.13. The van der Waals surface area contributed by atoms with Crippen LogP contribution in [0.25, 0.3) is 0 Å². The number of carbonyl (C=O) groups is 2. The predicted molar refractivity (Wildman–Crippen MR) is 127 cm³/mol. The van der Waals surface area contributed by atoms with Gasteiger partial charge in [0.15, 0.2) is 5.69 Å². The van der Waals surface area contributed by atoms with Gasteiger partial charge in [0.25, 0.3) is 5.91 Å². The van der Waals surface area contributed by atoms with Gasteiger partial charge < -0.3 is 14.5 Å². The molecular formula is C25H34N6O3. The van der Waals surface area contributed by atoms with Gasteiger partial charge in [0, 0.05) is 56.4 Å². The van der Waals surface area contributed by atoms with Gasteiger partial charge in [-0.1, -0.05) is 30.3 Å². The second-order valence-corrected chi connectivity index (χ2v) is 9.48. The molecule has 4 heterocycles. The first-order valence-electron chi connectivity index (χ1n) is 12.4. The van der Waals surface area contributed by atoms with Gasteiger partial charge in [-0.15, -0.1) is 0 Å². The Labute approximate surface area is 200 Å². The maximum Gasteiger partial charge on any atom is 0.274 e. The third kappa shape index (κ3) is 4.87. The van der Waals surface area contributed by atoms with Gasteiger partial charge in [0.2, 0.25) is 5.91 Å². The average Bonchev–Trinajstić information content (AvgIpc) is 3.48. The van der Waals surface area contributed by atoms with Crippen LogP contribution in [0.15, 0.2) is 30.3 Å². The van der Waals surface area contributed by atoms with Gasteiger partial charge in [0.05, 0.1) is 13.2 Å². The summed E-state index contributed by atoms with van der Waals surface area (Å²) in [5.74, 6) is 0.0361. The van der Waals surface area contributed by atoms with Crippen molar-refractivity contribution in [1.82, 2.24) is 30.4 Å². The molecular weight excluding hydrogens is 432 g/mol. The molecule has 9 nitrogen and oxygen atoms in total. The highest BCUT2D eigenvalue weighted by Crippen LogP contribution is 2.26. The van der Waals surface area contributed by atoms with E-state index in [4.69, 9.17) is 9.84 Å². The number of amides is 2. The molecule has 1 aromatic carbocycles. The lowest BCUT2D eigenvalue weighted by molar-refractivity contribution is -0.134. The van der Waals surface area contributed by atoms with Gasteiger partial charge in [-0.05, 0) is 31.7 Å². The van der Waals surface area contributed by atoms with E-state index in [2.05, 4.69) is 42.0 Å². The van der Waals surface area contributed by atoms with Crippen molar-refractivity contribution in [2.75, 3.05) is 32.8 Å². The Morgan fingerprint density at radius 3 is 2.62 bits per heavy atom. The molecule has 3 aliphatic rings. The molecule has 0 saturated carbocycles. The lowest BCUT2D eigenvalue weighted by Gasteiger charge is -2.30. The first-order valence-corrected chi connectivity index (χ1v) is 12.4. The van der Waals surface area contributed by atoms with Gasteiger partial charge in [-0.2, -0.15) is 5.10 Å². The molecule has 2 unspecified atom stereocenters. The number of ether oxygens (including phenoxy) is 1. The molecule has 9 heteroatoms. The van der Waals surface area contributed by atoms with Crippen molar-refractivity contribution in [3.63, 3.8) is 0 Å². The lowest BCUT2D eigenvalue weighted by Crippen LogP contribution is -2.47. The number of aryl methyl sites for hydroxylation is 2. The monoisotopic (exact) mass is 466 g/mol. The molecule has 2 fully saturated rings. The van der Waals surface area contributed by atoms with Crippen LogP contribution in [0.2, 0.25) is 0 Å². The summed E-state index contributed by atoms with van der Waals surface area (Å²) in [6.07, 6.45) is 3.39. The van der Waals surface area contributed by atoms with E-state index >= 15 is 0 Å². The Morgan fingerprint density at radius 1 is 1.09 bits per heavy atom. The second-order valence-electron chi connectivity index (χ2n) is 9.48. The van der Waals surface area contributed by atoms with Gasteiger partial charge in [-0.3, -0.25) is 19.7 Å². The summed E-state index contributed by atoms with van der Waals surface area (Å²) in [6, 6.07) is 10.5. The standard InChI is InChI=1S/C25H34N6O3/c1-18-16-21(27-26-18)24(32)30-11-9-22-20(17-30)23(25(33)29-12-14-34-15-13-29)28-31(22)10-5-8-19-6-3-2-4-7-19/h2-4,6-7,18,21,26-27H,5,8-17H2,1H3. The van der Waals surface area contributed by atoms with E-state index in [0.717, 1.165) is 37.1 Å². The van der Waals surface area contributed by atoms with E-state index < -0.39 is 0 Å². The summed E-state index contributed by atoms with van der Waals surface area (Å²) < 4.78 is 7.45. The number of morpholine rings is 1. The molecule has 5 rings (SSSR count). The van der Waals surface area contributed by atoms with Crippen LogP contribution >= 0.6 is 0 Å². The molecule has 2 N–H and O–H groups in total. The minimum absolute atomic E-state index is 0.0510. The van der Waals surface area contributed by atoms with E-state index in [-0.39, 0.29) is 23.9 Å². The number of hydrogen-bond donors (Lipinski definition) is 2. The molecule has 0 radical (unpaired) electrons. The number of benzene rings is 1. The first kappa shape index (κ1) is 23.0. The smallest absolute Gasteiger partial charge is 0.274 e. The normalized spacial score (nSPS) is 22.6. The van der Waals surface area contributed by atoms with Crippen molar-refractivity contribution in [3.8, 4) is 0 Å². The molecule has 3 aliphatic heterocycles. The Bertz CT molecular complexity index is 1020. The number of hydrogen-bond acceptors (Lipinski definition) is 6. The molecule has 2 amide bonds. The molecule has 0 bridgehead atoms. The number of aromatic nitrogens is 2. The van der Waals surface area contributed by atoms with Crippen LogP contribution in [0, 0.1) is 0 Å². The number of carbonyl (C=O) groups excluding carboxylic acids is 2. The van der Waals surface area contributed by atoms with Crippen molar-refractivity contribution in [2.24, 2.45) is 0 Å². The van der Waals surface area contributed by atoms with Crippen LogP contribution in [0.1, 0.15) is 47.1 Å². The van der Waals surface area contributed by atoms with Crippen LogP contribution in [0.3, 0.4) is 0 Å². The number of hydrazine groups is 1. The fraction of sp³-hybridized carbons (Fsp3) is 0.560. The molecule has 182 valence electrons. The zero-order chi connectivity index (χ0) is 23.5. The van der Waals surface area contributed by atoms with Crippen molar-refractivity contribution in [3.05, 3.63) is 52.8 Å². The number of fused-ring (bicyclic) bond motifs is 1. The quantitative estimate of drug-likeness (QED) is 0.663. The minimum Gasteiger partial charge on any atom is -0.378 e. The predicted octanol–water partition coefficient (Wildman–Crippen LogP) is 1.13. The summed E-state index contributed by atoms with van der Waals surface area (Å²) in [4.78, 5) is 30.3. The largest absolute Gasteiger partial charge is 0.378 e. The van der Waals surface area contributed by atoms with Crippen molar-refractivity contribution >= 4 is 11.8 Å². The van der Waals surface area contributed by atoms with Gasteiger partial charge in [-0.25, -0.2) is 5.43 Å². The minimum atomic E-state index is -0.226. The third-order valence-electron chi connectivity index (χ3n) is 7.02. The van der Waals surface area contributed by atoms with Crippen molar-refractivity contribution in [1.29, 1.82) is 0 Å². The highest BCUT2D eigenvalue weighted by Gasteiger charge is 2.36. The summed E-state index contributed by atoms with van der Waals surface area (Å²) in [6.45, 7) is 6.15. The van der Waals surface area contributed by atoms with E-state index in [1.54, 1.807) is 0 Å². The lowest BCUT2D eigenvalue weighted by atomic mass is 10.0. The third-order valence-corrected chi connectivity index (χ3v) is 7.02. The number of nitrogens with one attached hydrogen (secondary N) is 2. The maximum atomic E-state index is 13.4. The van der Waals surface area contributed by atoms with E-state index in [1.165, 1.54) is 5.56 Å². The molecule has 1 aromatic heterocycles. The Balaban J connectivity index is 1.35. The summed E-state index contributed by atoms with van der Waals surface area (Å²) in [5, 5.41) is 4.82. The summed E-state index contributed by atoms with van der Waals surface area (Å²) in [7, 11) is 0. The Hall–Kier alpha value is -2.75.